The van der Waals surface area contributed by atoms with Gasteiger partial charge in [0.15, 0.2) is 11.5 Å². The standard InChI is InChI=1S/C19H20N2O3S/c22-18(21-13-4-1-2-5-13)15-6-3-9-20-19(15)25-14-7-8-16-17(12-14)24-11-10-23-16/h3,6-9,12-13H,1-2,4-5,10-11H2,(H,21,22). The van der Waals surface area contributed by atoms with Crippen LogP contribution in [-0.2, 0) is 0 Å². The highest BCUT2D eigenvalue weighted by molar-refractivity contribution is 7.99. The number of carbonyl (C=O) groups is 1. The lowest BCUT2D eigenvalue weighted by Crippen LogP contribution is -2.33. The second-order valence-corrected chi connectivity index (χ2v) is 7.28. The molecule has 0 atom stereocenters. The molecule has 2 heterocycles. The van der Waals surface area contributed by atoms with Crippen LogP contribution in [0.4, 0.5) is 0 Å². The first-order valence-corrected chi connectivity index (χ1v) is 9.44. The van der Waals surface area contributed by atoms with E-state index >= 15 is 0 Å². The van der Waals surface area contributed by atoms with Gasteiger partial charge < -0.3 is 14.8 Å². The summed E-state index contributed by atoms with van der Waals surface area (Å²) in [5, 5.41) is 3.84. The number of pyridine rings is 1. The molecule has 5 nitrogen and oxygen atoms in total. The Balaban J connectivity index is 1.53. The Morgan fingerprint density at radius 1 is 1.12 bits per heavy atom. The van der Waals surface area contributed by atoms with Gasteiger partial charge in [0, 0.05) is 17.1 Å². The Morgan fingerprint density at radius 2 is 1.92 bits per heavy atom. The van der Waals surface area contributed by atoms with Crippen molar-refractivity contribution >= 4 is 17.7 Å². The van der Waals surface area contributed by atoms with E-state index in [1.165, 1.54) is 24.6 Å². The normalized spacial score (nSPS) is 16.6. The number of amides is 1. The van der Waals surface area contributed by atoms with Gasteiger partial charge in [0.05, 0.1) is 5.56 Å². The fourth-order valence-electron chi connectivity index (χ4n) is 3.18. The molecule has 1 aliphatic carbocycles. The number of nitrogens with one attached hydrogen (secondary N) is 1. The highest BCUT2D eigenvalue weighted by Crippen LogP contribution is 2.37. The van der Waals surface area contributed by atoms with E-state index in [9.17, 15) is 4.79 Å². The first-order chi connectivity index (χ1) is 12.3. The quantitative estimate of drug-likeness (QED) is 0.906. The topological polar surface area (TPSA) is 60.5 Å². The summed E-state index contributed by atoms with van der Waals surface area (Å²) >= 11 is 1.47. The first-order valence-electron chi connectivity index (χ1n) is 8.63. The summed E-state index contributed by atoms with van der Waals surface area (Å²) in [5.74, 6) is 1.46. The minimum atomic E-state index is -0.0416. The van der Waals surface area contributed by atoms with Gasteiger partial charge >= 0.3 is 0 Å². The van der Waals surface area contributed by atoms with Crippen LogP contribution in [0.2, 0.25) is 0 Å². The van der Waals surface area contributed by atoms with Crippen molar-refractivity contribution in [2.75, 3.05) is 13.2 Å². The van der Waals surface area contributed by atoms with Gasteiger partial charge in [-0.15, -0.1) is 0 Å². The number of nitrogens with zero attached hydrogens (tertiary/aromatic N) is 1. The predicted octanol–water partition coefficient (Wildman–Crippen LogP) is 3.68. The van der Waals surface area contributed by atoms with Gasteiger partial charge in [0.1, 0.15) is 18.2 Å². The maximum absolute atomic E-state index is 12.6. The van der Waals surface area contributed by atoms with Crippen LogP contribution in [0.25, 0.3) is 0 Å². The van der Waals surface area contributed by atoms with E-state index in [0.29, 0.717) is 29.8 Å². The van der Waals surface area contributed by atoms with E-state index in [2.05, 4.69) is 10.3 Å². The van der Waals surface area contributed by atoms with Crippen LogP contribution in [0.3, 0.4) is 0 Å². The van der Waals surface area contributed by atoms with E-state index in [-0.39, 0.29) is 5.91 Å². The maximum Gasteiger partial charge on any atom is 0.254 e. The van der Waals surface area contributed by atoms with Gasteiger partial charge in [0.2, 0.25) is 0 Å². The Morgan fingerprint density at radius 3 is 2.76 bits per heavy atom. The van der Waals surface area contributed by atoms with Gasteiger partial charge in [-0.1, -0.05) is 24.6 Å². The molecule has 1 N–H and O–H groups in total. The molecule has 0 unspecified atom stereocenters. The number of hydrogen-bond donors (Lipinski definition) is 1. The van der Waals surface area contributed by atoms with Crippen molar-refractivity contribution in [3.05, 3.63) is 42.1 Å². The lowest BCUT2D eigenvalue weighted by Gasteiger charge is -2.19. The van der Waals surface area contributed by atoms with Gasteiger partial charge in [-0.3, -0.25) is 4.79 Å². The smallest absolute Gasteiger partial charge is 0.254 e. The number of carbonyl (C=O) groups excluding carboxylic acids is 1. The molecule has 2 aliphatic rings. The molecule has 1 saturated carbocycles. The molecule has 1 aromatic carbocycles. The molecule has 0 saturated heterocycles. The number of aromatic nitrogens is 1. The van der Waals surface area contributed by atoms with Crippen molar-refractivity contribution < 1.29 is 14.3 Å². The zero-order valence-electron chi connectivity index (χ0n) is 13.9. The number of benzene rings is 1. The van der Waals surface area contributed by atoms with Crippen molar-refractivity contribution in [2.24, 2.45) is 0 Å². The van der Waals surface area contributed by atoms with Crippen molar-refractivity contribution in [3.63, 3.8) is 0 Å². The maximum atomic E-state index is 12.6. The molecule has 0 spiro atoms. The Bertz CT molecular complexity index is 775. The van der Waals surface area contributed by atoms with Crippen molar-refractivity contribution in [1.82, 2.24) is 10.3 Å². The molecule has 130 valence electrons. The first kappa shape index (κ1) is 16.3. The van der Waals surface area contributed by atoms with Gasteiger partial charge in [-0.2, -0.15) is 0 Å². The number of fused-ring (bicyclic) bond motifs is 1. The van der Waals surface area contributed by atoms with Gasteiger partial charge in [0.25, 0.3) is 5.91 Å². The third-order valence-corrected chi connectivity index (χ3v) is 5.44. The fourth-order valence-corrected chi connectivity index (χ4v) is 4.09. The summed E-state index contributed by atoms with van der Waals surface area (Å²) in [6.07, 6.45) is 6.23. The van der Waals surface area contributed by atoms with Crippen molar-refractivity contribution in [1.29, 1.82) is 0 Å². The molecule has 1 aliphatic heterocycles. The summed E-state index contributed by atoms with van der Waals surface area (Å²) in [6, 6.07) is 9.73. The largest absolute Gasteiger partial charge is 0.486 e. The van der Waals surface area contributed by atoms with E-state index in [4.69, 9.17) is 9.47 Å². The highest BCUT2D eigenvalue weighted by Gasteiger charge is 2.21. The van der Waals surface area contributed by atoms with Crippen LogP contribution < -0.4 is 14.8 Å². The second-order valence-electron chi connectivity index (χ2n) is 6.22. The summed E-state index contributed by atoms with van der Waals surface area (Å²) in [5.41, 5.74) is 0.620. The molecule has 1 amide bonds. The molecule has 25 heavy (non-hydrogen) atoms. The van der Waals surface area contributed by atoms with E-state index in [1.807, 2.05) is 24.3 Å². The summed E-state index contributed by atoms with van der Waals surface area (Å²) in [7, 11) is 0. The predicted molar refractivity (Wildman–Crippen MR) is 95.5 cm³/mol. The van der Waals surface area contributed by atoms with Crippen LogP contribution in [0.5, 0.6) is 11.5 Å². The third-order valence-electron chi connectivity index (χ3n) is 4.43. The van der Waals surface area contributed by atoms with E-state index in [0.717, 1.165) is 29.2 Å². The van der Waals surface area contributed by atoms with Crippen molar-refractivity contribution in [2.45, 2.75) is 41.6 Å². The minimum Gasteiger partial charge on any atom is -0.486 e. The molecule has 6 heteroatoms. The fraction of sp³-hybridized carbons (Fsp3) is 0.368. The highest BCUT2D eigenvalue weighted by atomic mass is 32.2. The molecule has 1 aromatic heterocycles. The monoisotopic (exact) mass is 356 g/mol. The molecule has 2 aromatic rings. The van der Waals surface area contributed by atoms with Gasteiger partial charge in [-0.25, -0.2) is 4.98 Å². The van der Waals surface area contributed by atoms with Crippen LogP contribution in [0.1, 0.15) is 36.0 Å². The van der Waals surface area contributed by atoms with Crippen LogP contribution in [0, 0.1) is 0 Å². The lowest BCUT2D eigenvalue weighted by molar-refractivity contribution is 0.0934. The number of rotatable bonds is 4. The van der Waals surface area contributed by atoms with E-state index < -0.39 is 0 Å². The molecule has 1 fully saturated rings. The molecule has 0 radical (unpaired) electrons. The van der Waals surface area contributed by atoms with Gasteiger partial charge in [-0.05, 0) is 43.2 Å². The molecular weight excluding hydrogens is 336 g/mol. The van der Waals surface area contributed by atoms with Crippen LogP contribution in [0.15, 0.2) is 46.5 Å². The van der Waals surface area contributed by atoms with E-state index in [1.54, 1.807) is 12.3 Å². The number of ether oxygens (including phenoxy) is 2. The average molecular weight is 356 g/mol. The summed E-state index contributed by atoms with van der Waals surface area (Å²) in [4.78, 5) is 18.0. The van der Waals surface area contributed by atoms with Crippen LogP contribution in [-0.4, -0.2) is 30.1 Å². The molecule has 0 bridgehead atoms. The summed E-state index contributed by atoms with van der Waals surface area (Å²) in [6.45, 7) is 1.13. The lowest BCUT2D eigenvalue weighted by atomic mass is 10.2. The van der Waals surface area contributed by atoms with Crippen LogP contribution >= 0.6 is 11.8 Å². The number of hydrogen-bond acceptors (Lipinski definition) is 5. The Hall–Kier alpha value is -2.21. The Labute approximate surface area is 151 Å². The Kier molecular flexibility index (Phi) is 4.78. The molecule has 4 rings (SSSR count). The SMILES string of the molecule is O=C(NC1CCCC1)c1cccnc1Sc1ccc2c(c1)OCCO2. The summed E-state index contributed by atoms with van der Waals surface area (Å²) < 4.78 is 11.2. The zero-order valence-corrected chi connectivity index (χ0v) is 14.7. The minimum absolute atomic E-state index is 0.0416. The molecular formula is C19H20N2O3S. The van der Waals surface area contributed by atoms with Crippen molar-refractivity contribution in [3.8, 4) is 11.5 Å². The third kappa shape index (κ3) is 3.74. The second kappa shape index (κ2) is 7.35. The average Bonchev–Trinajstić information content (AvgIpc) is 3.15. The zero-order chi connectivity index (χ0) is 17.1.